The maximum absolute atomic E-state index is 13.1. The minimum absolute atomic E-state index is 0.160. The first kappa shape index (κ1) is 13.1. The van der Waals surface area contributed by atoms with Gasteiger partial charge in [-0.05, 0) is 31.5 Å². The van der Waals surface area contributed by atoms with Gasteiger partial charge in [-0.3, -0.25) is 4.79 Å². The van der Waals surface area contributed by atoms with Gasteiger partial charge in [0.25, 0.3) is 0 Å². The van der Waals surface area contributed by atoms with Crippen molar-refractivity contribution in [2.24, 2.45) is 0 Å². The van der Waals surface area contributed by atoms with Crippen LogP contribution in [0.2, 0.25) is 5.02 Å². The molecule has 4 heteroatoms. The Morgan fingerprint density at radius 1 is 1.56 bits per heavy atom. The average Bonchev–Trinajstić information content (AvgIpc) is 2.30. The maximum Gasteiger partial charge on any atom is 0.195 e. The number of methoxy groups -OCH3 is 1. The fourth-order valence-electron chi connectivity index (χ4n) is 1.35. The summed E-state index contributed by atoms with van der Waals surface area (Å²) < 4.78 is 18.2. The molecule has 0 heterocycles. The molecule has 0 fully saturated rings. The highest BCUT2D eigenvalue weighted by atomic mass is 35.5. The summed E-state index contributed by atoms with van der Waals surface area (Å²) in [5.41, 5.74) is -0.801. The number of benzene rings is 1. The Morgan fingerprint density at radius 2 is 2.19 bits per heavy atom. The van der Waals surface area contributed by atoms with Crippen LogP contribution in [0.15, 0.2) is 18.2 Å². The lowest BCUT2D eigenvalue weighted by Crippen LogP contribution is -2.37. The first-order chi connectivity index (χ1) is 7.44. The number of Topliss-reactive ketones (excluding diaryl/α,β-unsaturated/α-hetero) is 1. The van der Waals surface area contributed by atoms with E-state index < -0.39 is 11.4 Å². The maximum atomic E-state index is 13.1. The number of ether oxygens (including phenoxy) is 1. The van der Waals surface area contributed by atoms with Gasteiger partial charge >= 0.3 is 0 Å². The van der Waals surface area contributed by atoms with Crippen molar-refractivity contribution < 1.29 is 13.9 Å². The third-order valence-electron chi connectivity index (χ3n) is 2.78. The molecular formula is C12H14ClFO2. The summed E-state index contributed by atoms with van der Waals surface area (Å²) >= 11 is 5.87. The van der Waals surface area contributed by atoms with Gasteiger partial charge in [-0.15, -0.1) is 0 Å². The van der Waals surface area contributed by atoms with Crippen LogP contribution in [0.1, 0.15) is 30.6 Å². The molecule has 1 atom stereocenters. The van der Waals surface area contributed by atoms with Gasteiger partial charge in [0.05, 0.1) is 5.02 Å². The lowest BCUT2D eigenvalue weighted by Gasteiger charge is -2.25. The van der Waals surface area contributed by atoms with E-state index >= 15 is 0 Å². The number of carbonyl (C=O) groups excluding carboxylic acids is 1. The smallest absolute Gasteiger partial charge is 0.195 e. The molecule has 1 unspecified atom stereocenters. The molecule has 16 heavy (non-hydrogen) atoms. The Hall–Kier alpha value is -0.930. The van der Waals surface area contributed by atoms with Crippen molar-refractivity contribution in [2.45, 2.75) is 25.9 Å². The number of halogens is 2. The molecule has 0 aliphatic carbocycles. The second-order valence-electron chi connectivity index (χ2n) is 3.74. The van der Waals surface area contributed by atoms with E-state index in [2.05, 4.69) is 0 Å². The van der Waals surface area contributed by atoms with Gasteiger partial charge in [0, 0.05) is 12.7 Å². The number of rotatable bonds is 4. The van der Waals surface area contributed by atoms with Crippen molar-refractivity contribution in [3.05, 3.63) is 34.6 Å². The molecule has 0 aliphatic rings. The van der Waals surface area contributed by atoms with Crippen LogP contribution < -0.4 is 0 Å². The molecule has 0 aromatic heterocycles. The standard InChI is InChI=1S/C12H14ClFO2/c1-4-12(2,16-3)11(15)9-7-8(14)5-6-10(9)13/h5-7H,4H2,1-3H3. The van der Waals surface area contributed by atoms with Gasteiger partial charge in [0.1, 0.15) is 11.4 Å². The van der Waals surface area contributed by atoms with E-state index in [0.717, 1.165) is 6.07 Å². The van der Waals surface area contributed by atoms with Crippen molar-refractivity contribution in [1.29, 1.82) is 0 Å². The van der Waals surface area contributed by atoms with Crippen molar-refractivity contribution in [2.75, 3.05) is 7.11 Å². The minimum Gasteiger partial charge on any atom is -0.370 e. The van der Waals surface area contributed by atoms with Gasteiger partial charge in [0.2, 0.25) is 0 Å². The molecule has 0 aliphatic heterocycles. The highest BCUT2D eigenvalue weighted by Gasteiger charge is 2.33. The molecule has 0 amide bonds. The topological polar surface area (TPSA) is 26.3 Å². The number of hydrogen-bond donors (Lipinski definition) is 0. The lowest BCUT2D eigenvalue weighted by atomic mass is 9.92. The fourth-order valence-corrected chi connectivity index (χ4v) is 1.56. The molecule has 0 N–H and O–H groups in total. The predicted octanol–water partition coefficient (Wildman–Crippen LogP) is 3.48. The normalized spacial score (nSPS) is 14.6. The van der Waals surface area contributed by atoms with Crippen LogP contribution in [0.3, 0.4) is 0 Å². The monoisotopic (exact) mass is 244 g/mol. The summed E-state index contributed by atoms with van der Waals surface area (Å²) in [6.45, 7) is 3.49. The molecule has 1 aromatic carbocycles. The second-order valence-corrected chi connectivity index (χ2v) is 4.15. The van der Waals surface area contributed by atoms with Crippen LogP contribution in [0.4, 0.5) is 4.39 Å². The second kappa shape index (κ2) is 4.93. The zero-order valence-corrected chi connectivity index (χ0v) is 10.3. The van der Waals surface area contributed by atoms with E-state index in [9.17, 15) is 9.18 Å². The van der Waals surface area contributed by atoms with Gasteiger partial charge in [-0.1, -0.05) is 18.5 Å². The van der Waals surface area contributed by atoms with Crippen LogP contribution in [0.25, 0.3) is 0 Å². The summed E-state index contributed by atoms with van der Waals surface area (Å²) in [5.74, 6) is -0.788. The van der Waals surface area contributed by atoms with Gasteiger partial charge < -0.3 is 4.74 Å². The number of hydrogen-bond acceptors (Lipinski definition) is 2. The quantitative estimate of drug-likeness (QED) is 0.758. The zero-order valence-electron chi connectivity index (χ0n) is 9.51. The summed E-state index contributed by atoms with van der Waals surface area (Å²) in [5, 5.41) is 0.239. The van der Waals surface area contributed by atoms with Gasteiger partial charge in [0.15, 0.2) is 5.78 Å². The van der Waals surface area contributed by atoms with Gasteiger partial charge in [-0.2, -0.15) is 0 Å². The molecule has 1 rings (SSSR count). The summed E-state index contributed by atoms with van der Waals surface area (Å²) in [7, 11) is 1.45. The van der Waals surface area contributed by atoms with Crippen LogP contribution in [-0.2, 0) is 4.74 Å². The Morgan fingerprint density at radius 3 is 2.69 bits per heavy atom. The Kier molecular flexibility index (Phi) is 4.05. The number of ketones is 1. The van der Waals surface area contributed by atoms with Crippen molar-refractivity contribution in [3.63, 3.8) is 0 Å². The molecule has 0 saturated carbocycles. The molecule has 0 bridgehead atoms. The molecule has 2 nitrogen and oxygen atoms in total. The number of carbonyl (C=O) groups is 1. The molecule has 0 radical (unpaired) electrons. The van der Waals surface area contributed by atoms with Gasteiger partial charge in [-0.25, -0.2) is 4.39 Å². The van der Waals surface area contributed by atoms with Crippen molar-refractivity contribution >= 4 is 17.4 Å². The van der Waals surface area contributed by atoms with Crippen LogP contribution >= 0.6 is 11.6 Å². The molecular weight excluding hydrogens is 231 g/mol. The van der Waals surface area contributed by atoms with Crippen molar-refractivity contribution in [3.8, 4) is 0 Å². The minimum atomic E-state index is -0.961. The molecule has 0 spiro atoms. The lowest BCUT2D eigenvalue weighted by molar-refractivity contribution is 0.0106. The summed E-state index contributed by atoms with van der Waals surface area (Å²) in [4.78, 5) is 12.1. The van der Waals surface area contributed by atoms with Crippen LogP contribution in [0.5, 0.6) is 0 Å². The van der Waals surface area contributed by atoms with E-state index in [4.69, 9.17) is 16.3 Å². The fraction of sp³-hybridized carbons (Fsp3) is 0.417. The Balaban J connectivity index is 3.18. The van der Waals surface area contributed by atoms with E-state index in [1.54, 1.807) is 6.92 Å². The van der Waals surface area contributed by atoms with E-state index in [1.807, 2.05) is 6.92 Å². The summed E-state index contributed by atoms with van der Waals surface area (Å²) in [6, 6.07) is 3.72. The highest BCUT2D eigenvalue weighted by molar-refractivity contribution is 6.34. The van der Waals surface area contributed by atoms with Crippen LogP contribution in [-0.4, -0.2) is 18.5 Å². The van der Waals surface area contributed by atoms with Crippen molar-refractivity contribution in [1.82, 2.24) is 0 Å². The third-order valence-corrected chi connectivity index (χ3v) is 3.11. The molecule has 1 aromatic rings. The predicted molar refractivity (Wildman–Crippen MR) is 61.4 cm³/mol. The Labute approximate surface area is 99.4 Å². The van der Waals surface area contributed by atoms with E-state index in [-0.39, 0.29) is 16.4 Å². The third kappa shape index (κ3) is 2.42. The van der Waals surface area contributed by atoms with Crippen LogP contribution in [0, 0.1) is 5.82 Å². The first-order valence-electron chi connectivity index (χ1n) is 4.99. The molecule has 0 saturated heterocycles. The summed E-state index contributed by atoms with van der Waals surface area (Å²) in [6.07, 6.45) is 0.495. The highest BCUT2D eigenvalue weighted by Crippen LogP contribution is 2.26. The largest absolute Gasteiger partial charge is 0.370 e. The molecule has 88 valence electrons. The SMILES string of the molecule is CCC(C)(OC)C(=O)c1cc(F)ccc1Cl. The Bertz CT molecular complexity index is 400. The first-order valence-corrected chi connectivity index (χ1v) is 5.37. The van der Waals surface area contributed by atoms with E-state index in [1.165, 1.54) is 19.2 Å². The average molecular weight is 245 g/mol. The zero-order chi connectivity index (χ0) is 12.3. The van der Waals surface area contributed by atoms with E-state index in [0.29, 0.717) is 6.42 Å².